The van der Waals surface area contributed by atoms with Crippen molar-refractivity contribution >= 4 is 21.4 Å². The van der Waals surface area contributed by atoms with Crippen LogP contribution >= 0.6 is 11.3 Å². The highest BCUT2D eigenvalue weighted by atomic mass is 32.2. The van der Waals surface area contributed by atoms with E-state index in [1.807, 2.05) is 6.07 Å². The van der Waals surface area contributed by atoms with Crippen molar-refractivity contribution in [3.8, 4) is 0 Å². The number of ether oxygens (including phenoxy) is 1. The summed E-state index contributed by atoms with van der Waals surface area (Å²) in [6, 6.07) is 4.26. The van der Waals surface area contributed by atoms with Crippen molar-refractivity contribution in [2.45, 2.75) is 48.6 Å². The molecule has 2 heterocycles. The zero-order valence-corrected chi connectivity index (χ0v) is 13.9. The molecular weight excluding hydrogens is 308 g/mol. The Morgan fingerprint density at radius 1 is 1.38 bits per heavy atom. The number of thiophene rings is 1. The van der Waals surface area contributed by atoms with Gasteiger partial charge in [0.05, 0.1) is 6.10 Å². The minimum absolute atomic E-state index is 0.0424. The number of nitrogens with zero attached hydrogens (tertiary/aromatic N) is 1. The van der Waals surface area contributed by atoms with E-state index < -0.39 is 10.0 Å². The van der Waals surface area contributed by atoms with Gasteiger partial charge in [0.15, 0.2) is 0 Å². The molecule has 1 unspecified atom stereocenters. The normalized spacial score (nSPS) is 23.0. The molecule has 1 aliphatic carbocycles. The van der Waals surface area contributed by atoms with Crippen molar-refractivity contribution in [3.63, 3.8) is 0 Å². The van der Waals surface area contributed by atoms with Crippen LogP contribution in [0.1, 0.15) is 30.6 Å². The molecule has 1 aliphatic heterocycles. The zero-order valence-electron chi connectivity index (χ0n) is 12.2. The van der Waals surface area contributed by atoms with E-state index in [9.17, 15) is 8.42 Å². The van der Waals surface area contributed by atoms with Gasteiger partial charge >= 0.3 is 0 Å². The van der Waals surface area contributed by atoms with Crippen LogP contribution in [-0.4, -0.2) is 45.1 Å². The Labute approximate surface area is 130 Å². The van der Waals surface area contributed by atoms with Crippen LogP contribution in [0.2, 0.25) is 0 Å². The Kier molecular flexibility index (Phi) is 4.66. The predicted octanol–water partition coefficient (Wildman–Crippen LogP) is 1.80. The number of sulfonamides is 1. The standard InChI is InChI=1S/C14H22N2O3S2/c1-16(10-12-3-2-8-19-12)21(17,18)14-7-6-13(20-14)9-15-11-4-5-11/h6-7,11-12,15H,2-5,8-10H2,1H3. The van der Waals surface area contributed by atoms with Crippen LogP contribution in [0, 0.1) is 0 Å². The predicted molar refractivity (Wildman–Crippen MR) is 83.0 cm³/mol. The third-order valence-corrected chi connectivity index (χ3v) is 7.30. The Morgan fingerprint density at radius 2 is 2.19 bits per heavy atom. The Balaban J connectivity index is 1.62. The van der Waals surface area contributed by atoms with Crippen molar-refractivity contribution in [1.82, 2.24) is 9.62 Å². The molecule has 0 amide bonds. The van der Waals surface area contributed by atoms with Gasteiger partial charge in [0, 0.05) is 37.7 Å². The highest BCUT2D eigenvalue weighted by molar-refractivity contribution is 7.91. The Bertz CT molecular complexity index is 575. The molecular formula is C14H22N2O3S2. The number of rotatable bonds is 7. The molecule has 2 fully saturated rings. The lowest BCUT2D eigenvalue weighted by atomic mass is 10.2. The second kappa shape index (κ2) is 6.34. The number of likely N-dealkylation sites (N-methyl/N-ethyl adjacent to an activating group) is 1. The first-order valence-corrected chi connectivity index (χ1v) is 9.71. The first-order valence-electron chi connectivity index (χ1n) is 7.46. The van der Waals surface area contributed by atoms with Gasteiger partial charge in [0.2, 0.25) is 0 Å². The lowest BCUT2D eigenvalue weighted by Gasteiger charge is -2.19. The number of hydrogen-bond donors (Lipinski definition) is 1. The molecule has 1 N–H and O–H groups in total. The van der Waals surface area contributed by atoms with Gasteiger partial charge in [0.1, 0.15) is 4.21 Å². The smallest absolute Gasteiger partial charge is 0.252 e. The van der Waals surface area contributed by atoms with E-state index in [1.165, 1.54) is 28.5 Å². The molecule has 1 atom stereocenters. The lowest BCUT2D eigenvalue weighted by Crippen LogP contribution is -2.33. The lowest BCUT2D eigenvalue weighted by molar-refractivity contribution is 0.0979. The topological polar surface area (TPSA) is 58.6 Å². The molecule has 0 aromatic carbocycles. The van der Waals surface area contributed by atoms with Gasteiger partial charge in [-0.25, -0.2) is 8.42 Å². The molecule has 1 saturated heterocycles. The minimum atomic E-state index is -3.38. The second-order valence-corrected chi connectivity index (χ2v) is 9.24. The summed E-state index contributed by atoms with van der Waals surface area (Å²) in [5.41, 5.74) is 0. The summed E-state index contributed by atoms with van der Waals surface area (Å²) in [6.07, 6.45) is 4.48. The first-order chi connectivity index (χ1) is 10.1. The van der Waals surface area contributed by atoms with Crippen LogP contribution in [0.3, 0.4) is 0 Å². The Hall–Kier alpha value is -0.470. The molecule has 1 aromatic heterocycles. The van der Waals surface area contributed by atoms with Crippen molar-refractivity contribution in [3.05, 3.63) is 17.0 Å². The zero-order chi connectivity index (χ0) is 14.9. The van der Waals surface area contributed by atoms with E-state index in [-0.39, 0.29) is 6.10 Å². The van der Waals surface area contributed by atoms with Crippen LogP contribution in [0.25, 0.3) is 0 Å². The van der Waals surface area contributed by atoms with E-state index in [0.29, 0.717) is 16.8 Å². The fraction of sp³-hybridized carbons (Fsp3) is 0.714. The third-order valence-electron chi connectivity index (χ3n) is 3.93. The fourth-order valence-corrected chi connectivity index (χ4v) is 5.17. The van der Waals surface area contributed by atoms with Crippen molar-refractivity contribution in [1.29, 1.82) is 0 Å². The van der Waals surface area contributed by atoms with Gasteiger partial charge in [-0.05, 0) is 37.8 Å². The molecule has 1 saturated carbocycles. The maximum Gasteiger partial charge on any atom is 0.252 e. The molecule has 3 rings (SSSR count). The summed E-state index contributed by atoms with van der Waals surface area (Å²) < 4.78 is 32.5. The fourth-order valence-electron chi connectivity index (χ4n) is 2.45. The maximum atomic E-state index is 12.5. The molecule has 1 aromatic rings. The van der Waals surface area contributed by atoms with Crippen LogP contribution in [-0.2, 0) is 21.3 Å². The van der Waals surface area contributed by atoms with Crippen LogP contribution in [0.15, 0.2) is 16.3 Å². The SMILES string of the molecule is CN(CC1CCCO1)S(=O)(=O)c1ccc(CNC2CC2)s1. The van der Waals surface area contributed by atoms with Gasteiger partial charge in [0.25, 0.3) is 10.0 Å². The molecule has 0 bridgehead atoms. The molecule has 0 radical (unpaired) electrons. The highest BCUT2D eigenvalue weighted by Gasteiger charge is 2.27. The molecule has 21 heavy (non-hydrogen) atoms. The molecule has 7 heteroatoms. The van der Waals surface area contributed by atoms with Gasteiger partial charge in [-0.15, -0.1) is 11.3 Å². The molecule has 5 nitrogen and oxygen atoms in total. The number of nitrogens with one attached hydrogen (secondary N) is 1. The van der Waals surface area contributed by atoms with E-state index in [2.05, 4.69) is 5.32 Å². The average Bonchev–Trinajstić information content (AvgIpc) is 2.93. The van der Waals surface area contributed by atoms with Crippen molar-refractivity contribution < 1.29 is 13.2 Å². The second-order valence-electron chi connectivity index (χ2n) is 5.80. The van der Waals surface area contributed by atoms with Crippen LogP contribution < -0.4 is 5.32 Å². The highest BCUT2D eigenvalue weighted by Crippen LogP contribution is 2.26. The van der Waals surface area contributed by atoms with Gasteiger partial charge in [-0.2, -0.15) is 4.31 Å². The van der Waals surface area contributed by atoms with Crippen molar-refractivity contribution in [2.24, 2.45) is 0 Å². The van der Waals surface area contributed by atoms with Crippen LogP contribution in [0.4, 0.5) is 0 Å². The minimum Gasteiger partial charge on any atom is -0.377 e. The quantitative estimate of drug-likeness (QED) is 0.828. The van der Waals surface area contributed by atoms with Crippen LogP contribution in [0.5, 0.6) is 0 Å². The van der Waals surface area contributed by atoms with E-state index >= 15 is 0 Å². The van der Waals surface area contributed by atoms with Crippen molar-refractivity contribution in [2.75, 3.05) is 20.2 Å². The summed E-state index contributed by atoms with van der Waals surface area (Å²) in [4.78, 5) is 1.07. The monoisotopic (exact) mass is 330 g/mol. The Morgan fingerprint density at radius 3 is 2.86 bits per heavy atom. The van der Waals surface area contributed by atoms with E-state index in [0.717, 1.165) is 30.9 Å². The maximum absolute atomic E-state index is 12.5. The molecule has 2 aliphatic rings. The van der Waals surface area contributed by atoms with E-state index in [1.54, 1.807) is 13.1 Å². The first kappa shape index (κ1) is 15.4. The summed E-state index contributed by atoms with van der Waals surface area (Å²) in [6.45, 7) is 1.95. The molecule has 0 spiro atoms. The van der Waals surface area contributed by atoms with Gasteiger partial charge < -0.3 is 10.1 Å². The largest absolute Gasteiger partial charge is 0.377 e. The summed E-state index contributed by atoms with van der Waals surface area (Å²) >= 11 is 1.36. The summed E-state index contributed by atoms with van der Waals surface area (Å²) in [5.74, 6) is 0. The average molecular weight is 330 g/mol. The summed E-state index contributed by atoms with van der Waals surface area (Å²) in [5, 5.41) is 3.41. The van der Waals surface area contributed by atoms with Gasteiger partial charge in [-0.3, -0.25) is 0 Å². The van der Waals surface area contributed by atoms with E-state index in [4.69, 9.17) is 4.74 Å². The third kappa shape index (κ3) is 3.84. The summed E-state index contributed by atoms with van der Waals surface area (Å²) in [7, 11) is -1.75. The number of hydrogen-bond acceptors (Lipinski definition) is 5. The molecule has 118 valence electrons. The van der Waals surface area contributed by atoms with Gasteiger partial charge in [-0.1, -0.05) is 0 Å².